The monoisotopic (exact) mass is 777 g/mol. The number of piperidine rings is 1. The van der Waals surface area contributed by atoms with E-state index in [1.807, 2.05) is 30.3 Å². The first-order valence-corrected chi connectivity index (χ1v) is 19.4. The number of carbonyl (C=O) groups excluding carboxylic acids is 5. The van der Waals surface area contributed by atoms with Crippen molar-refractivity contribution in [1.29, 1.82) is 5.26 Å². The molecule has 5 aliphatic rings. The van der Waals surface area contributed by atoms with Gasteiger partial charge >= 0.3 is 0 Å². The van der Waals surface area contributed by atoms with Crippen molar-refractivity contribution in [2.24, 2.45) is 10.8 Å². The lowest BCUT2D eigenvalue weighted by Gasteiger charge is -2.63. The topological polar surface area (TPSA) is 155 Å². The first-order valence-electron chi connectivity index (χ1n) is 19.0. The highest BCUT2D eigenvalue weighted by atomic mass is 35.5. The number of ether oxygens (including phenoxy) is 1. The van der Waals surface area contributed by atoms with Crippen molar-refractivity contribution < 1.29 is 28.7 Å². The fourth-order valence-electron chi connectivity index (χ4n) is 9.53. The molecule has 3 aromatic carbocycles. The highest BCUT2D eigenvalue weighted by Crippen LogP contribution is 2.55. The van der Waals surface area contributed by atoms with Crippen molar-refractivity contribution in [3.63, 3.8) is 0 Å². The molecule has 1 atom stereocenters. The van der Waals surface area contributed by atoms with Crippen molar-refractivity contribution in [2.75, 3.05) is 49.1 Å². The number of rotatable bonds is 8. The zero-order valence-corrected chi connectivity index (χ0v) is 32.6. The van der Waals surface area contributed by atoms with Gasteiger partial charge in [0.15, 0.2) is 0 Å². The Bertz CT molecular complexity index is 2170. The number of nitriles is 1. The molecule has 3 saturated heterocycles. The minimum atomic E-state index is -0.982. The number of fused-ring (bicyclic) bond motifs is 1. The number of nitrogens with zero attached hydrogens (tertiary/aromatic N) is 5. The van der Waals surface area contributed by atoms with Crippen molar-refractivity contribution in [1.82, 2.24) is 20.4 Å². The lowest BCUT2D eigenvalue weighted by molar-refractivity contribution is -0.164. The van der Waals surface area contributed by atoms with E-state index in [9.17, 15) is 29.2 Å². The quantitative estimate of drug-likeness (QED) is 0.318. The van der Waals surface area contributed by atoms with E-state index in [1.54, 1.807) is 30.3 Å². The van der Waals surface area contributed by atoms with Gasteiger partial charge in [-0.15, -0.1) is 0 Å². The van der Waals surface area contributed by atoms with Gasteiger partial charge in [0.2, 0.25) is 11.8 Å². The summed E-state index contributed by atoms with van der Waals surface area (Å²) in [4.78, 5) is 71.9. The summed E-state index contributed by atoms with van der Waals surface area (Å²) in [6.45, 7) is 13.4. The largest absolute Gasteiger partial charge is 0.489 e. The van der Waals surface area contributed by atoms with Crippen LogP contribution in [0.1, 0.15) is 77.2 Å². The van der Waals surface area contributed by atoms with Gasteiger partial charge < -0.3 is 19.9 Å². The molecule has 1 aliphatic carbocycles. The Morgan fingerprint density at radius 1 is 0.857 bits per heavy atom. The normalized spacial score (nSPS) is 24.5. The Morgan fingerprint density at radius 3 is 2.16 bits per heavy atom. The van der Waals surface area contributed by atoms with Gasteiger partial charge in [-0.3, -0.25) is 39.1 Å². The minimum Gasteiger partial charge on any atom is -0.489 e. The van der Waals surface area contributed by atoms with E-state index in [4.69, 9.17) is 16.3 Å². The number of benzene rings is 3. The molecule has 5 amide bonds. The van der Waals surface area contributed by atoms with Crippen molar-refractivity contribution in [3.05, 3.63) is 87.9 Å². The second kappa shape index (κ2) is 13.9. The van der Waals surface area contributed by atoms with E-state index in [0.29, 0.717) is 33.5 Å². The second-order valence-electron chi connectivity index (χ2n) is 16.6. The van der Waals surface area contributed by atoms with Gasteiger partial charge in [0, 0.05) is 91.6 Å². The first-order chi connectivity index (χ1) is 26.7. The third-order valence-corrected chi connectivity index (χ3v) is 12.7. The van der Waals surface area contributed by atoms with E-state index < -0.39 is 29.7 Å². The molecule has 1 unspecified atom stereocenters. The molecule has 3 aromatic rings. The Morgan fingerprint density at radius 2 is 1.52 bits per heavy atom. The molecule has 0 spiro atoms. The van der Waals surface area contributed by atoms with Crippen LogP contribution in [-0.2, 0) is 9.59 Å². The molecule has 290 valence electrons. The van der Waals surface area contributed by atoms with Crippen molar-refractivity contribution in [2.45, 2.75) is 64.8 Å². The predicted octanol–water partition coefficient (Wildman–Crippen LogP) is 4.24. The maximum atomic E-state index is 13.5. The van der Waals surface area contributed by atoms with Crippen LogP contribution in [0.2, 0.25) is 5.02 Å². The second-order valence-corrected chi connectivity index (χ2v) is 17.0. The van der Waals surface area contributed by atoms with Crippen LogP contribution in [0.4, 0.5) is 11.4 Å². The molecule has 4 heterocycles. The average Bonchev–Trinajstić information content (AvgIpc) is 3.40. The van der Waals surface area contributed by atoms with Gasteiger partial charge in [-0.05, 0) is 61.0 Å². The number of hydrogen-bond donors (Lipinski definition) is 2. The summed E-state index contributed by atoms with van der Waals surface area (Å²) in [7, 11) is 0. The number of halogens is 1. The zero-order chi connectivity index (χ0) is 39.7. The molecule has 4 aliphatic heterocycles. The lowest BCUT2D eigenvalue weighted by Crippen LogP contribution is -2.74. The minimum absolute atomic E-state index is 0.0840. The van der Waals surface area contributed by atoms with Gasteiger partial charge in [0.25, 0.3) is 17.7 Å². The number of nitrogens with one attached hydrogen (secondary N) is 2. The highest BCUT2D eigenvalue weighted by molar-refractivity contribution is 6.31. The average molecular weight is 778 g/mol. The standard InChI is InChI=1S/C42H44ClN7O6/c1-41(2)39(42(3,4)40(41)56-29-11-7-25(21-44)32(43)20-29)46-35(52)24-5-8-26(9-6-24)47-15-17-48(18-16-47)28-22-49(23-28)27-10-12-30-31(19-27)38(55)50(37(30)54)33-13-14-34(51)45-36(33)53/h5-12,19-20,28,33,39-40H,13-18,22-23H2,1-4H3,(H,46,52)(H,45,51,53). The van der Waals surface area contributed by atoms with Gasteiger partial charge in [-0.25, -0.2) is 0 Å². The van der Waals surface area contributed by atoms with E-state index in [2.05, 4.69) is 59.1 Å². The van der Waals surface area contributed by atoms with E-state index in [1.165, 1.54) is 0 Å². The molecule has 4 fully saturated rings. The third kappa shape index (κ3) is 6.34. The molecule has 13 nitrogen and oxygen atoms in total. The zero-order valence-electron chi connectivity index (χ0n) is 31.8. The number of anilines is 2. The van der Waals surface area contributed by atoms with Crippen LogP contribution < -0.4 is 25.2 Å². The molecule has 1 saturated carbocycles. The summed E-state index contributed by atoms with van der Waals surface area (Å²) >= 11 is 6.24. The number of hydrogen-bond acceptors (Lipinski definition) is 10. The van der Waals surface area contributed by atoms with E-state index >= 15 is 0 Å². The molecule has 0 aromatic heterocycles. The van der Waals surface area contributed by atoms with Gasteiger partial charge in [-0.1, -0.05) is 39.3 Å². The smallest absolute Gasteiger partial charge is 0.262 e. The van der Waals surface area contributed by atoms with E-state index in [-0.39, 0.29) is 47.3 Å². The molecule has 2 N–H and O–H groups in total. The van der Waals surface area contributed by atoms with Crippen LogP contribution in [0.25, 0.3) is 0 Å². The Balaban J connectivity index is 0.817. The van der Waals surface area contributed by atoms with Crippen molar-refractivity contribution in [3.8, 4) is 11.8 Å². The summed E-state index contributed by atoms with van der Waals surface area (Å²) in [6, 6.07) is 19.4. The van der Waals surface area contributed by atoms with Gasteiger partial charge in [-0.2, -0.15) is 5.26 Å². The summed E-state index contributed by atoms with van der Waals surface area (Å²) in [5, 5.41) is 15.1. The Kier molecular flexibility index (Phi) is 9.32. The summed E-state index contributed by atoms with van der Waals surface area (Å²) in [6.07, 6.45) is 0.0216. The predicted molar refractivity (Wildman–Crippen MR) is 209 cm³/mol. The van der Waals surface area contributed by atoms with Gasteiger partial charge in [0.1, 0.15) is 24.0 Å². The Labute approximate surface area is 330 Å². The third-order valence-electron chi connectivity index (χ3n) is 12.4. The van der Waals surface area contributed by atoms with Crippen LogP contribution in [0, 0.1) is 22.2 Å². The number of carbonyl (C=O) groups is 5. The molecule has 8 rings (SSSR count). The molecule has 0 bridgehead atoms. The van der Waals surface area contributed by atoms with E-state index in [0.717, 1.165) is 55.5 Å². The van der Waals surface area contributed by atoms with Crippen LogP contribution >= 0.6 is 11.6 Å². The lowest BCUT2D eigenvalue weighted by atomic mass is 9.49. The SMILES string of the molecule is CC1(C)C(NC(=O)c2ccc(N3CCN(C4CN(c5ccc6c(c5)C(=O)N(C5CCC(=O)NC5=O)C6=O)C4)CC3)cc2)C(C)(C)C1Oc1ccc(C#N)c(Cl)c1. The summed E-state index contributed by atoms with van der Waals surface area (Å²) in [5.74, 6) is -1.56. The maximum absolute atomic E-state index is 13.5. The highest BCUT2D eigenvalue weighted by Gasteiger charge is 2.64. The van der Waals surface area contributed by atoms with Crippen LogP contribution in [0.3, 0.4) is 0 Å². The molecular formula is C42H44ClN7O6. The number of piperazine rings is 1. The fraction of sp³-hybridized carbons (Fsp3) is 0.429. The van der Waals surface area contributed by atoms with Crippen LogP contribution in [-0.4, -0.2) is 103 Å². The summed E-state index contributed by atoms with van der Waals surface area (Å²) < 4.78 is 6.37. The number of imide groups is 2. The molecule has 14 heteroatoms. The van der Waals surface area contributed by atoms with Gasteiger partial charge in [0.05, 0.1) is 21.7 Å². The molecule has 56 heavy (non-hydrogen) atoms. The molecule has 0 radical (unpaired) electrons. The first kappa shape index (κ1) is 37.5. The molecular weight excluding hydrogens is 734 g/mol. The van der Waals surface area contributed by atoms with Crippen LogP contribution in [0.5, 0.6) is 5.75 Å². The fourth-order valence-corrected chi connectivity index (χ4v) is 9.74. The van der Waals surface area contributed by atoms with Crippen LogP contribution in [0.15, 0.2) is 60.7 Å². The maximum Gasteiger partial charge on any atom is 0.262 e. The summed E-state index contributed by atoms with van der Waals surface area (Å²) in [5.41, 5.74) is 2.77. The van der Waals surface area contributed by atoms with Crippen molar-refractivity contribution >= 4 is 52.5 Å². The number of amides is 5. The Hall–Kier alpha value is -5.45.